The van der Waals surface area contributed by atoms with Crippen molar-refractivity contribution in [2.24, 2.45) is 5.41 Å². The van der Waals surface area contributed by atoms with E-state index < -0.39 is 31.9 Å². The van der Waals surface area contributed by atoms with E-state index in [0.717, 1.165) is 33.4 Å². The first-order chi connectivity index (χ1) is 19.8. The molecule has 0 unspecified atom stereocenters. The van der Waals surface area contributed by atoms with Crippen LogP contribution in [0.2, 0.25) is 0 Å². The molecule has 2 saturated heterocycles. The summed E-state index contributed by atoms with van der Waals surface area (Å²) in [5.41, 5.74) is 3.72. The van der Waals surface area contributed by atoms with Crippen LogP contribution in [0.25, 0.3) is 0 Å². The van der Waals surface area contributed by atoms with Crippen molar-refractivity contribution in [3.05, 3.63) is 143 Å². The lowest BCUT2D eigenvalue weighted by Crippen LogP contribution is -2.46. The van der Waals surface area contributed by atoms with Gasteiger partial charge in [0.25, 0.3) is 0 Å². The van der Waals surface area contributed by atoms with Gasteiger partial charge >= 0.3 is 15.2 Å². The number of rotatable bonds is 6. The van der Waals surface area contributed by atoms with Gasteiger partial charge in [-0.25, -0.2) is 0 Å². The van der Waals surface area contributed by atoms with Crippen LogP contribution < -0.4 is 0 Å². The zero-order chi connectivity index (χ0) is 28.5. The topological polar surface area (TPSA) is 71.1 Å². The first kappa shape index (κ1) is 28.3. The normalized spacial score (nSPS) is 26.4. The molecule has 0 aliphatic carbocycles. The second-order valence-corrected chi connectivity index (χ2v) is 15.2. The third-order valence-corrected chi connectivity index (χ3v) is 12.4. The van der Waals surface area contributed by atoms with E-state index in [1.54, 1.807) is 0 Å². The highest BCUT2D eigenvalue weighted by Crippen LogP contribution is 2.70. The van der Waals surface area contributed by atoms with Gasteiger partial charge in [0.05, 0.1) is 31.8 Å². The molecular weight excluding hydrogens is 554 g/mol. The number of hydrogen-bond acceptors (Lipinski definition) is 6. The summed E-state index contributed by atoms with van der Waals surface area (Å²) in [6.45, 7) is 4.46. The zero-order valence-electron chi connectivity index (χ0n) is 23.2. The van der Waals surface area contributed by atoms with Crippen LogP contribution in [0.15, 0.2) is 109 Å². The Balaban J connectivity index is 1.25. The molecule has 0 aromatic heterocycles. The van der Waals surface area contributed by atoms with Crippen LogP contribution in [0.4, 0.5) is 0 Å². The van der Waals surface area contributed by atoms with Crippen LogP contribution in [-0.4, -0.2) is 26.4 Å². The Morgan fingerprint density at radius 2 is 0.854 bits per heavy atom. The second-order valence-electron chi connectivity index (χ2n) is 11.0. The molecule has 2 fully saturated rings. The molecule has 2 aliphatic heterocycles. The van der Waals surface area contributed by atoms with Crippen LogP contribution in [0.1, 0.15) is 44.7 Å². The van der Waals surface area contributed by atoms with Crippen LogP contribution >= 0.6 is 15.2 Å². The fraction of sp³-hybridized carbons (Fsp3) is 0.273. The highest BCUT2D eigenvalue weighted by molar-refractivity contribution is 7.55. The zero-order valence-corrected chi connectivity index (χ0v) is 25.0. The average Bonchev–Trinajstić information content (AvgIpc) is 3.00. The van der Waals surface area contributed by atoms with Gasteiger partial charge in [-0.3, -0.25) is 9.13 Å². The molecular formula is C33H34O6P2. The Kier molecular flexibility index (Phi) is 7.91. The number of hydrogen-bond donors (Lipinski definition) is 0. The van der Waals surface area contributed by atoms with E-state index in [1.165, 1.54) is 0 Å². The van der Waals surface area contributed by atoms with Gasteiger partial charge in [0.1, 0.15) is 11.3 Å². The van der Waals surface area contributed by atoms with Crippen LogP contribution in [0.5, 0.6) is 0 Å². The van der Waals surface area contributed by atoms with Crippen molar-refractivity contribution in [2.75, 3.05) is 26.4 Å². The summed E-state index contributed by atoms with van der Waals surface area (Å²) in [6, 6.07) is 35.1. The van der Waals surface area contributed by atoms with Gasteiger partial charge in [0.2, 0.25) is 0 Å². The third kappa shape index (κ3) is 5.53. The monoisotopic (exact) mass is 588 g/mol. The molecule has 0 amide bonds. The van der Waals surface area contributed by atoms with Gasteiger partial charge < -0.3 is 18.1 Å². The Bertz CT molecular complexity index is 1500. The fourth-order valence-electron chi connectivity index (χ4n) is 5.65. The molecule has 1 spiro atoms. The number of benzene rings is 4. The minimum atomic E-state index is -3.64. The van der Waals surface area contributed by atoms with Crippen LogP contribution in [-0.2, 0) is 27.2 Å². The van der Waals surface area contributed by atoms with Gasteiger partial charge in [0, 0.05) is 0 Å². The lowest BCUT2D eigenvalue weighted by molar-refractivity contribution is -0.0703. The summed E-state index contributed by atoms with van der Waals surface area (Å²) in [4.78, 5) is 0. The largest absolute Gasteiger partial charge is 0.342 e. The summed E-state index contributed by atoms with van der Waals surface area (Å²) in [6.07, 6.45) is 0. The second kappa shape index (κ2) is 11.5. The molecule has 6 nitrogen and oxygen atoms in total. The van der Waals surface area contributed by atoms with Crippen LogP contribution in [0.3, 0.4) is 0 Å². The third-order valence-electron chi connectivity index (χ3n) is 8.03. The van der Waals surface area contributed by atoms with E-state index in [9.17, 15) is 9.13 Å². The Morgan fingerprint density at radius 3 is 1.24 bits per heavy atom. The van der Waals surface area contributed by atoms with Crippen molar-refractivity contribution in [3.8, 4) is 0 Å². The van der Waals surface area contributed by atoms with E-state index in [-0.39, 0.29) is 26.4 Å². The molecule has 4 aromatic carbocycles. The fourth-order valence-corrected chi connectivity index (χ4v) is 10.5. The molecule has 6 rings (SSSR count). The molecule has 0 N–H and O–H groups in total. The van der Waals surface area contributed by atoms with Crippen LogP contribution in [0, 0.1) is 19.3 Å². The smallest absolute Gasteiger partial charge is 0.307 e. The first-order valence-corrected chi connectivity index (χ1v) is 17.0. The molecule has 0 atom stereocenters. The standard InChI is InChI=1S/C33H34O6P2/c1-25-13-9-11-19-29(25)32(30-20-12-10-14-26(30)2)41(35)38-23-33(24-39-41)21-36-40(34,37-22-33)31(27-15-5-3-6-16-27)28-17-7-4-8-18-28/h3-20,31-32H,21-24H2,1-2H3. The van der Waals surface area contributed by atoms with Gasteiger partial charge in [-0.1, -0.05) is 109 Å². The van der Waals surface area contributed by atoms with Gasteiger partial charge in [-0.2, -0.15) is 0 Å². The van der Waals surface area contributed by atoms with Crippen molar-refractivity contribution in [1.29, 1.82) is 0 Å². The van der Waals surface area contributed by atoms with E-state index in [1.807, 2.05) is 123 Å². The first-order valence-electron chi connectivity index (χ1n) is 13.8. The van der Waals surface area contributed by atoms with Gasteiger partial charge in [0.15, 0.2) is 0 Å². The lowest BCUT2D eigenvalue weighted by Gasteiger charge is -2.45. The Hall–Kier alpha value is -2.82. The lowest BCUT2D eigenvalue weighted by atomic mass is 9.93. The van der Waals surface area contributed by atoms with Gasteiger partial charge in [-0.15, -0.1) is 0 Å². The molecule has 2 aliphatic rings. The molecule has 41 heavy (non-hydrogen) atoms. The summed E-state index contributed by atoms with van der Waals surface area (Å²) >= 11 is 0. The SMILES string of the molecule is Cc1ccccc1C(c1ccccc1C)P1(=O)OCC2(COP(=O)(C(c3ccccc3)c3ccccc3)OC2)CO1. The van der Waals surface area contributed by atoms with E-state index >= 15 is 0 Å². The molecule has 212 valence electrons. The average molecular weight is 589 g/mol. The van der Waals surface area contributed by atoms with E-state index in [0.29, 0.717) is 0 Å². The maximum Gasteiger partial charge on any atom is 0.342 e. The molecule has 4 aromatic rings. The van der Waals surface area contributed by atoms with E-state index in [4.69, 9.17) is 18.1 Å². The summed E-state index contributed by atoms with van der Waals surface area (Å²) in [5.74, 6) is 0. The molecule has 0 saturated carbocycles. The summed E-state index contributed by atoms with van der Waals surface area (Å²) < 4.78 is 53.5. The minimum Gasteiger partial charge on any atom is -0.307 e. The van der Waals surface area contributed by atoms with Crippen molar-refractivity contribution in [3.63, 3.8) is 0 Å². The Morgan fingerprint density at radius 1 is 0.512 bits per heavy atom. The highest BCUT2D eigenvalue weighted by Gasteiger charge is 2.53. The maximum absolute atomic E-state index is 14.5. The molecule has 8 heteroatoms. The summed E-state index contributed by atoms with van der Waals surface area (Å²) in [5, 5.41) is 0. The maximum atomic E-state index is 14.5. The number of aryl methyl sites for hydroxylation is 2. The molecule has 2 heterocycles. The molecule has 0 radical (unpaired) electrons. The predicted molar refractivity (Wildman–Crippen MR) is 160 cm³/mol. The quantitative estimate of drug-likeness (QED) is 0.210. The van der Waals surface area contributed by atoms with E-state index in [2.05, 4.69) is 0 Å². The Labute approximate surface area is 241 Å². The van der Waals surface area contributed by atoms with Crippen molar-refractivity contribution < 1.29 is 27.2 Å². The highest BCUT2D eigenvalue weighted by atomic mass is 31.2. The van der Waals surface area contributed by atoms with Gasteiger partial charge in [-0.05, 0) is 47.2 Å². The van der Waals surface area contributed by atoms with Crippen molar-refractivity contribution in [1.82, 2.24) is 0 Å². The van der Waals surface area contributed by atoms with Crippen molar-refractivity contribution in [2.45, 2.75) is 25.2 Å². The summed E-state index contributed by atoms with van der Waals surface area (Å²) in [7, 11) is -7.24. The minimum absolute atomic E-state index is 0.111. The van der Waals surface area contributed by atoms with Crippen molar-refractivity contribution >= 4 is 15.2 Å². The molecule has 0 bridgehead atoms. The predicted octanol–water partition coefficient (Wildman–Crippen LogP) is 8.65.